The molecule has 4 heteroatoms. The van der Waals surface area contributed by atoms with Crippen LogP contribution in [0.2, 0.25) is 0 Å². The summed E-state index contributed by atoms with van der Waals surface area (Å²) in [6.45, 7) is 0. The minimum Gasteiger partial charge on any atom is -0.456 e. The largest absolute Gasteiger partial charge is 0.456 e. The van der Waals surface area contributed by atoms with Gasteiger partial charge in [-0.2, -0.15) is 0 Å². The van der Waals surface area contributed by atoms with Gasteiger partial charge >= 0.3 is 0 Å². The Morgan fingerprint density at radius 3 is 1.98 bits per heavy atom. The smallest absolute Gasteiger partial charge is 0.169 e. The van der Waals surface area contributed by atoms with Crippen molar-refractivity contribution in [3.63, 3.8) is 0 Å². The highest BCUT2D eigenvalue weighted by atomic mass is 16.3. The van der Waals surface area contributed by atoms with Gasteiger partial charge in [0.05, 0.1) is 0 Å². The minimum atomic E-state index is -0.517. The Hall–Kier alpha value is -7.30. The second-order valence-electron chi connectivity index (χ2n) is 14.9. The second-order valence-corrected chi connectivity index (χ2v) is 14.9. The molecule has 0 bridgehead atoms. The summed E-state index contributed by atoms with van der Waals surface area (Å²) in [7, 11) is 0. The van der Waals surface area contributed by atoms with E-state index in [1.807, 2.05) is 30.3 Å². The molecule has 8 aromatic carbocycles. The van der Waals surface area contributed by atoms with Crippen molar-refractivity contribution in [3.8, 4) is 22.3 Å². The van der Waals surface area contributed by atoms with Crippen LogP contribution in [0.4, 0.5) is 0 Å². The lowest BCUT2D eigenvalue weighted by Crippen LogP contribution is -2.36. The molecule has 0 spiro atoms. The van der Waals surface area contributed by atoms with Crippen LogP contribution in [0.5, 0.6) is 0 Å². The zero-order chi connectivity index (χ0) is 37.7. The molecule has 1 atom stereocenters. The summed E-state index contributed by atoms with van der Waals surface area (Å²) < 4.78 is 6.61. The summed E-state index contributed by atoms with van der Waals surface area (Å²) in [6.07, 6.45) is 8.53. The topological polar surface area (TPSA) is 49.9 Å². The van der Waals surface area contributed by atoms with E-state index < -0.39 is 6.17 Å². The fourth-order valence-electron chi connectivity index (χ4n) is 8.38. The zero-order valence-corrected chi connectivity index (χ0v) is 31.2. The summed E-state index contributed by atoms with van der Waals surface area (Å²) in [6, 6.07) is 60.3. The van der Waals surface area contributed by atoms with Gasteiger partial charge in [0, 0.05) is 27.5 Å². The molecular weight excluding hydrogens is 695 g/mol. The predicted octanol–water partition coefficient (Wildman–Crippen LogP) is 13.5. The molecule has 0 saturated carbocycles. The summed E-state index contributed by atoms with van der Waals surface area (Å²) in [5.74, 6) is 1.55. The summed E-state index contributed by atoms with van der Waals surface area (Å²) in [4.78, 5) is 10.6. The monoisotopic (exact) mass is 731 g/mol. The highest BCUT2D eigenvalue weighted by molar-refractivity contribution is 6.17. The van der Waals surface area contributed by atoms with E-state index in [-0.39, 0.29) is 0 Å². The third kappa shape index (κ3) is 6.12. The van der Waals surface area contributed by atoms with E-state index in [0.29, 0.717) is 0 Å². The van der Waals surface area contributed by atoms with Crippen molar-refractivity contribution < 1.29 is 4.42 Å². The number of allylic oxidation sites excluding steroid dienone is 4. The van der Waals surface area contributed by atoms with Gasteiger partial charge in [0.2, 0.25) is 0 Å². The van der Waals surface area contributed by atoms with Crippen molar-refractivity contribution in [2.24, 2.45) is 9.98 Å². The van der Waals surface area contributed by atoms with Crippen LogP contribution in [-0.4, -0.2) is 11.7 Å². The Bertz CT molecular complexity index is 3160. The molecule has 9 aromatic rings. The first-order valence-corrected chi connectivity index (χ1v) is 19.6. The molecule has 270 valence electrons. The normalized spacial score (nSPS) is 15.4. The van der Waals surface area contributed by atoms with Crippen LogP contribution in [0.3, 0.4) is 0 Å². The summed E-state index contributed by atoms with van der Waals surface area (Å²) in [5, 5.41) is 10.7. The van der Waals surface area contributed by atoms with Crippen molar-refractivity contribution in [1.29, 1.82) is 0 Å². The minimum absolute atomic E-state index is 0.517. The van der Waals surface area contributed by atoms with Crippen LogP contribution in [0.1, 0.15) is 41.3 Å². The Kier molecular flexibility index (Phi) is 7.99. The maximum atomic E-state index is 6.61. The van der Waals surface area contributed by atoms with Crippen LogP contribution < -0.4 is 5.32 Å². The molecule has 2 heterocycles. The fourth-order valence-corrected chi connectivity index (χ4v) is 8.38. The predicted molar refractivity (Wildman–Crippen MR) is 238 cm³/mol. The highest BCUT2D eigenvalue weighted by Gasteiger charge is 2.24. The number of hydrogen-bond acceptors (Lipinski definition) is 4. The lowest BCUT2D eigenvalue weighted by atomic mass is 9.93. The third-order valence-electron chi connectivity index (χ3n) is 11.3. The first-order chi connectivity index (χ1) is 28.2. The molecule has 0 amide bonds. The first-order valence-electron chi connectivity index (χ1n) is 19.6. The van der Waals surface area contributed by atoms with Crippen molar-refractivity contribution in [2.75, 3.05) is 0 Å². The second kappa shape index (κ2) is 13.8. The molecule has 1 N–H and O–H groups in total. The standard InChI is InChI=1S/C53H37N3O/c1-3-12-34(13-4-1)39-24-25-42-30-43(27-26-41(42)29-39)47-32-45(33-49-50(47)46-20-9-10-21-48(46)57-49)53-55-51(36-15-5-2-6-16-36)54-52(56-53)44-19-11-18-38(31-44)40-23-22-35-14-7-8-17-37(35)28-40/h2-3,5-33,53H,1,4H2,(H,54,55,56). The number of nitrogens with one attached hydrogen (secondary N) is 1. The van der Waals surface area contributed by atoms with Gasteiger partial charge in [0.1, 0.15) is 22.8 Å². The first kappa shape index (κ1) is 33.1. The van der Waals surface area contributed by atoms with Gasteiger partial charge in [-0.15, -0.1) is 0 Å². The van der Waals surface area contributed by atoms with Crippen LogP contribution in [0.15, 0.2) is 202 Å². The van der Waals surface area contributed by atoms with Crippen LogP contribution in [0, 0.1) is 0 Å². The summed E-state index contributed by atoms with van der Waals surface area (Å²) >= 11 is 0. The lowest BCUT2D eigenvalue weighted by Gasteiger charge is -2.23. The number of benzene rings is 8. The van der Waals surface area contributed by atoms with E-state index in [1.54, 1.807) is 0 Å². The number of aliphatic imine (C=N–C) groups is 2. The molecule has 57 heavy (non-hydrogen) atoms. The molecule has 1 aliphatic carbocycles. The Balaban J connectivity index is 1.05. The van der Waals surface area contributed by atoms with E-state index in [2.05, 4.69) is 163 Å². The molecule has 0 fully saturated rings. The van der Waals surface area contributed by atoms with E-state index in [4.69, 9.17) is 14.4 Å². The van der Waals surface area contributed by atoms with Gasteiger partial charge in [-0.1, -0.05) is 146 Å². The zero-order valence-electron chi connectivity index (χ0n) is 31.2. The van der Waals surface area contributed by atoms with E-state index in [0.717, 1.165) is 85.4 Å². The van der Waals surface area contributed by atoms with Crippen molar-refractivity contribution in [2.45, 2.75) is 19.0 Å². The van der Waals surface area contributed by atoms with Crippen LogP contribution >= 0.6 is 0 Å². The maximum Gasteiger partial charge on any atom is 0.169 e. The van der Waals surface area contributed by atoms with E-state index >= 15 is 0 Å². The van der Waals surface area contributed by atoms with Crippen molar-refractivity contribution >= 4 is 60.7 Å². The van der Waals surface area contributed by atoms with Gasteiger partial charge in [0.15, 0.2) is 6.17 Å². The van der Waals surface area contributed by atoms with E-state index in [1.165, 1.54) is 32.7 Å². The number of amidine groups is 2. The van der Waals surface area contributed by atoms with Crippen molar-refractivity contribution in [3.05, 3.63) is 210 Å². The molecule has 1 aromatic heterocycles. The number of rotatable bonds is 6. The maximum absolute atomic E-state index is 6.61. The molecule has 2 aliphatic rings. The Morgan fingerprint density at radius 2 is 1.12 bits per heavy atom. The average molecular weight is 732 g/mol. The van der Waals surface area contributed by atoms with Gasteiger partial charge in [-0.05, 0) is 110 Å². The Labute approximate surface area is 330 Å². The molecule has 1 unspecified atom stereocenters. The average Bonchev–Trinajstić information content (AvgIpc) is 3.67. The summed E-state index contributed by atoms with van der Waals surface area (Å²) in [5.41, 5.74) is 11.7. The molecule has 0 saturated heterocycles. The van der Waals surface area contributed by atoms with Crippen LogP contribution in [0.25, 0.3) is 71.3 Å². The lowest BCUT2D eigenvalue weighted by molar-refractivity contribution is 0.665. The number of nitrogens with zero attached hydrogens (tertiary/aromatic N) is 2. The number of fused-ring (bicyclic) bond motifs is 5. The van der Waals surface area contributed by atoms with Gasteiger partial charge in [0.25, 0.3) is 0 Å². The Morgan fingerprint density at radius 1 is 0.474 bits per heavy atom. The SMILES string of the molecule is C1=CC(c2ccc3cc(-c4cc(C5N=C(c6ccccc6)NC(c6cccc(-c7ccc8ccccc8c7)c6)=N5)cc5oc6ccccc6c45)ccc3c2)=CCC1. The van der Waals surface area contributed by atoms with Gasteiger partial charge in [-0.25, -0.2) is 9.98 Å². The van der Waals surface area contributed by atoms with E-state index in [9.17, 15) is 0 Å². The quantitative estimate of drug-likeness (QED) is 0.185. The number of hydrogen-bond donors (Lipinski definition) is 1. The van der Waals surface area contributed by atoms with Gasteiger partial charge in [-0.3, -0.25) is 0 Å². The highest BCUT2D eigenvalue weighted by Crippen LogP contribution is 2.41. The molecule has 1 aliphatic heterocycles. The van der Waals surface area contributed by atoms with Crippen LogP contribution in [-0.2, 0) is 0 Å². The third-order valence-corrected chi connectivity index (χ3v) is 11.3. The molecule has 11 rings (SSSR count). The van der Waals surface area contributed by atoms with Gasteiger partial charge < -0.3 is 9.73 Å². The van der Waals surface area contributed by atoms with Crippen molar-refractivity contribution in [1.82, 2.24) is 5.32 Å². The molecular formula is C53H37N3O. The molecule has 0 radical (unpaired) electrons. The molecule has 4 nitrogen and oxygen atoms in total. The number of furan rings is 1. The number of para-hydroxylation sites is 1. The fraction of sp³-hybridized carbons (Fsp3) is 0.0566.